The number of allylic oxidation sites excluding steroid dienone is 1. The van der Waals surface area contributed by atoms with Crippen LogP contribution in [0.3, 0.4) is 0 Å². The number of anilines is 2. The molecule has 31 heavy (non-hydrogen) atoms. The van der Waals surface area contributed by atoms with E-state index in [1.165, 1.54) is 18.9 Å². The maximum atomic E-state index is 13.0. The third kappa shape index (κ3) is 4.67. The van der Waals surface area contributed by atoms with Crippen molar-refractivity contribution in [1.82, 2.24) is 0 Å². The van der Waals surface area contributed by atoms with Crippen LogP contribution in [0.5, 0.6) is 0 Å². The Morgan fingerprint density at radius 2 is 1.68 bits per heavy atom. The van der Waals surface area contributed by atoms with Crippen molar-refractivity contribution >= 4 is 46.5 Å². The molecule has 0 saturated heterocycles. The third-order valence-corrected chi connectivity index (χ3v) is 5.32. The zero-order chi connectivity index (χ0) is 22.7. The lowest BCUT2D eigenvalue weighted by atomic mass is 9.88. The molecule has 1 heterocycles. The van der Waals surface area contributed by atoms with E-state index in [2.05, 4.69) is 5.32 Å². The van der Waals surface area contributed by atoms with Crippen molar-refractivity contribution in [2.24, 2.45) is 5.92 Å². The maximum absolute atomic E-state index is 13.0. The predicted molar refractivity (Wildman–Crippen MR) is 117 cm³/mol. The van der Waals surface area contributed by atoms with E-state index in [0.29, 0.717) is 27.7 Å². The highest BCUT2D eigenvalue weighted by Crippen LogP contribution is 2.34. The highest BCUT2D eigenvalue weighted by Gasteiger charge is 2.40. The normalized spacial score (nSPS) is 16.2. The molecule has 0 aromatic heterocycles. The predicted octanol–water partition coefficient (Wildman–Crippen LogP) is 3.98. The number of ketones is 1. The standard InChI is InChI=1S/C23H21ClN2O5/c1-13-21(23(30)31-3)19(12-20(28)26(13)18-10-6-16(24)7-11-18)22(29)25-17-8-4-15(5-9-17)14(2)27/h4-11,19H,12H2,1-3H3,(H,25,29). The first kappa shape index (κ1) is 22.2. The number of rotatable bonds is 5. The molecule has 0 spiro atoms. The van der Waals surface area contributed by atoms with Gasteiger partial charge in [0, 0.05) is 34.1 Å². The Bertz CT molecular complexity index is 1070. The first-order chi connectivity index (χ1) is 14.7. The summed E-state index contributed by atoms with van der Waals surface area (Å²) in [6, 6.07) is 13.0. The molecule has 8 heteroatoms. The summed E-state index contributed by atoms with van der Waals surface area (Å²) >= 11 is 5.93. The van der Waals surface area contributed by atoms with Gasteiger partial charge in [-0.05, 0) is 62.4 Å². The molecule has 2 aromatic carbocycles. The van der Waals surface area contributed by atoms with Gasteiger partial charge in [0.15, 0.2) is 5.78 Å². The lowest BCUT2D eigenvalue weighted by molar-refractivity contribution is -0.138. The number of halogens is 1. The van der Waals surface area contributed by atoms with E-state index in [4.69, 9.17) is 16.3 Å². The second-order valence-corrected chi connectivity index (χ2v) is 7.51. The minimum atomic E-state index is -1.02. The number of nitrogens with zero attached hydrogens (tertiary/aromatic N) is 1. The molecule has 160 valence electrons. The van der Waals surface area contributed by atoms with Crippen molar-refractivity contribution in [3.8, 4) is 0 Å². The molecule has 1 N–H and O–H groups in total. The number of Topliss-reactive ketones (excluding diaryl/α,β-unsaturated/α-hetero) is 1. The van der Waals surface area contributed by atoms with Crippen LogP contribution in [-0.2, 0) is 19.1 Å². The summed E-state index contributed by atoms with van der Waals surface area (Å²) in [5.41, 5.74) is 1.92. The molecular formula is C23H21ClN2O5. The number of benzene rings is 2. The number of hydrogen-bond donors (Lipinski definition) is 1. The average Bonchev–Trinajstić information content (AvgIpc) is 2.74. The molecule has 3 rings (SSSR count). The van der Waals surface area contributed by atoms with Crippen molar-refractivity contribution < 1.29 is 23.9 Å². The second kappa shape index (κ2) is 9.14. The molecule has 7 nitrogen and oxygen atoms in total. The molecule has 0 aliphatic carbocycles. The third-order valence-electron chi connectivity index (χ3n) is 5.07. The number of hydrogen-bond acceptors (Lipinski definition) is 5. The quantitative estimate of drug-likeness (QED) is 0.560. The van der Waals surface area contributed by atoms with Crippen LogP contribution in [0.4, 0.5) is 11.4 Å². The van der Waals surface area contributed by atoms with Gasteiger partial charge in [-0.3, -0.25) is 19.3 Å². The summed E-state index contributed by atoms with van der Waals surface area (Å²) in [6.45, 7) is 3.05. The molecule has 1 atom stereocenters. The molecule has 1 unspecified atom stereocenters. The van der Waals surface area contributed by atoms with E-state index in [0.717, 1.165) is 0 Å². The van der Waals surface area contributed by atoms with Crippen LogP contribution in [0.25, 0.3) is 0 Å². The number of carbonyl (C=O) groups is 4. The molecular weight excluding hydrogens is 420 g/mol. The fourth-order valence-electron chi connectivity index (χ4n) is 3.50. The molecule has 0 radical (unpaired) electrons. The van der Waals surface area contributed by atoms with Gasteiger partial charge in [-0.15, -0.1) is 0 Å². The van der Waals surface area contributed by atoms with Gasteiger partial charge >= 0.3 is 5.97 Å². The minimum absolute atomic E-state index is 0.0930. The van der Waals surface area contributed by atoms with Crippen molar-refractivity contribution in [3.05, 3.63) is 70.4 Å². The van der Waals surface area contributed by atoms with Crippen molar-refractivity contribution in [2.75, 3.05) is 17.3 Å². The molecule has 0 saturated carbocycles. The van der Waals surface area contributed by atoms with Crippen LogP contribution < -0.4 is 10.2 Å². The van der Waals surface area contributed by atoms with Crippen LogP contribution in [0, 0.1) is 5.92 Å². The fraction of sp³-hybridized carbons (Fsp3) is 0.217. The summed E-state index contributed by atoms with van der Waals surface area (Å²) in [5.74, 6) is -2.64. The molecule has 1 aliphatic rings. The highest BCUT2D eigenvalue weighted by molar-refractivity contribution is 6.30. The molecule has 0 bridgehead atoms. The zero-order valence-corrected chi connectivity index (χ0v) is 18.0. The molecule has 2 aromatic rings. The summed E-state index contributed by atoms with van der Waals surface area (Å²) in [7, 11) is 1.22. The number of nitrogens with one attached hydrogen (secondary N) is 1. The summed E-state index contributed by atoms with van der Waals surface area (Å²) in [4.78, 5) is 51.3. The summed E-state index contributed by atoms with van der Waals surface area (Å²) in [6.07, 6.45) is -0.207. The van der Waals surface area contributed by atoms with Gasteiger partial charge in [0.1, 0.15) is 0 Å². The SMILES string of the molecule is COC(=O)C1=C(C)N(c2ccc(Cl)cc2)C(=O)CC1C(=O)Nc1ccc(C(C)=O)cc1. The Hall–Kier alpha value is -3.45. The van der Waals surface area contributed by atoms with E-state index in [9.17, 15) is 19.2 Å². The van der Waals surface area contributed by atoms with Crippen LogP contribution in [0.15, 0.2) is 59.8 Å². The van der Waals surface area contributed by atoms with Crippen LogP contribution in [-0.4, -0.2) is 30.7 Å². The first-order valence-corrected chi connectivity index (χ1v) is 9.90. The zero-order valence-electron chi connectivity index (χ0n) is 17.3. The second-order valence-electron chi connectivity index (χ2n) is 7.08. The Morgan fingerprint density at radius 1 is 1.06 bits per heavy atom. The van der Waals surface area contributed by atoms with Gasteiger partial charge in [0.2, 0.25) is 11.8 Å². The van der Waals surface area contributed by atoms with Crippen LogP contribution in [0.1, 0.15) is 30.6 Å². The van der Waals surface area contributed by atoms with Crippen molar-refractivity contribution in [2.45, 2.75) is 20.3 Å². The Labute approximate surface area is 184 Å². The van der Waals surface area contributed by atoms with E-state index < -0.39 is 17.8 Å². The van der Waals surface area contributed by atoms with Gasteiger partial charge < -0.3 is 10.1 Å². The van der Waals surface area contributed by atoms with Gasteiger partial charge in [-0.2, -0.15) is 0 Å². The van der Waals surface area contributed by atoms with Gasteiger partial charge in [-0.1, -0.05) is 11.6 Å². The minimum Gasteiger partial charge on any atom is -0.466 e. The van der Waals surface area contributed by atoms with Crippen LogP contribution in [0.2, 0.25) is 5.02 Å². The highest BCUT2D eigenvalue weighted by atomic mass is 35.5. The largest absolute Gasteiger partial charge is 0.466 e. The molecule has 1 aliphatic heterocycles. The van der Waals surface area contributed by atoms with Crippen molar-refractivity contribution in [3.63, 3.8) is 0 Å². The average molecular weight is 441 g/mol. The van der Waals surface area contributed by atoms with E-state index in [-0.39, 0.29) is 23.7 Å². The monoisotopic (exact) mass is 440 g/mol. The number of carbonyl (C=O) groups excluding carboxylic acids is 4. The topological polar surface area (TPSA) is 92.8 Å². The lowest BCUT2D eigenvalue weighted by Crippen LogP contribution is -2.43. The Morgan fingerprint density at radius 3 is 2.23 bits per heavy atom. The number of amides is 2. The maximum Gasteiger partial charge on any atom is 0.336 e. The van der Waals surface area contributed by atoms with Gasteiger partial charge in [0.25, 0.3) is 0 Å². The van der Waals surface area contributed by atoms with E-state index >= 15 is 0 Å². The van der Waals surface area contributed by atoms with E-state index in [1.807, 2.05) is 0 Å². The smallest absolute Gasteiger partial charge is 0.336 e. The Kier molecular flexibility index (Phi) is 6.56. The first-order valence-electron chi connectivity index (χ1n) is 9.52. The number of ether oxygens (including phenoxy) is 1. The molecule has 0 fully saturated rings. The lowest BCUT2D eigenvalue weighted by Gasteiger charge is -2.33. The van der Waals surface area contributed by atoms with Gasteiger partial charge in [-0.25, -0.2) is 4.79 Å². The summed E-state index contributed by atoms with van der Waals surface area (Å²) < 4.78 is 4.90. The fourth-order valence-corrected chi connectivity index (χ4v) is 3.62. The number of esters is 1. The molecule has 2 amide bonds. The summed E-state index contributed by atoms with van der Waals surface area (Å²) in [5, 5.41) is 3.22. The van der Waals surface area contributed by atoms with Crippen LogP contribution >= 0.6 is 11.6 Å². The van der Waals surface area contributed by atoms with Crippen molar-refractivity contribution in [1.29, 1.82) is 0 Å². The van der Waals surface area contributed by atoms with Gasteiger partial charge in [0.05, 0.1) is 18.6 Å². The van der Waals surface area contributed by atoms with E-state index in [1.54, 1.807) is 55.5 Å². The number of methoxy groups -OCH3 is 1. The Balaban J connectivity index is 1.94.